The molecule has 0 aliphatic heterocycles. The molecule has 4 heteroatoms. The second kappa shape index (κ2) is 5.37. The van der Waals surface area contributed by atoms with Gasteiger partial charge in [-0.1, -0.05) is 34.5 Å². The van der Waals surface area contributed by atoms with E-state index >= 15 is 0 Å². The lowest BCUT2D eigenvalue weighted by atomic mass is 10.0. The normalized spacial score (nSPS) is 22.4. The Labute approximate surface area is 118 Å². The van der Waals surface area contributed by atoms with Gasteiger partial charge in [0.2, 0.25) is 5.89 Å². The molecule has 20 heavy (non-hydrogen) atoms. The van der Waals surface area contributed by atoms with Crippen LogP contribution in [0.3, 0.4) is 0 Å². The molecule has 1 aromatic heterocycles. The minimum atomic E-state index is -0.329. The fraction of sp³-hybridized carbons (Fsp3) is 0.500. The number of hydrogen-bond acceptors (Lipinski definition) is 4. The van der Waals surface area contributed by atoms with Crippen LogP contribution in [0.25, 0.3) is 0 Å². The molecular formula is C16H20N2O2. The molecule has 3 rings (SSSR count). The van der Waals surface area contributed by atoms with Crippen LogP contribution in [0.5, 0.6) is 0 Å². The predicted octanol–water partition coefficient (Wildman–Crippen LogP) is 2.91. The Hall–Kier alpha value is -1.68. The van der Waals surface area contributed by atoms with Crippen LogP contribution in [0, 0.1) is 13.8 Å². The molecule has 0 amide bonds. The zero-order valence-corrected chi connectivity index (χ0v) is 12.0. The van der Waals surface area contributed by atoms with Gasteiger partial charge >= 0.3 is 0 Å². The predicted molar refractivity (Wildman–Crippen MR) is 75.6 cm³/mol. The van der Waals surface area contributed by atoms with Gasteiger partial charge < -0.3 is 9.63 Å². The van der Waals surface area contributed by atoms with Crippen LogP contribution in [0.4, 0.5) is 0 Å². The summed E-state index contributed by atoms with van der Waals surface area (Å²) >= 11 is 0. The molecule has 106 valence electrons. The van der Waals surface area contributed by atoms with Crippen molar-refractivity contribution in [3.63, 3.8) is 0 Å². The smallest absolute Gasteiger partial charge is 0.232 e. The molecule has 1 N–H and O–H groups in total. The van der Waals surface area contributed by atoms with E-state index < -0.39 is 0 Å². The van der Waals surface area contributed by atoms with E-state index in [-0.39, 0.29) is 12.0 Å². The molecule has 1 aliphatic rings. The van der Waals surface area contributed by atoms with Crippen molar-refractivity contribution in [2.24, 2.45) is 0 Å². The highest BCUT2D eigenvalue weighted by molar-refractivity contribution is 5.30. The van der Waals surface area contributed by atoms with Gasteiger partial charge in [0.05, 0.1) is 12.0 Å². The monoisotopic (exact) mass is 272 g/mol. The Bertz CT molecular complexity index is 586. The van der Waals surface area contributed by atoms with Crippen molar-refractivity contribution in [1.29, 1.82) is 0 Å². The van der Waals surface area contributed by atoms with Crippen molar-refractivity contribution < 1.29 is 9.63 Å². The van der Waals surface area contributed by atoms with E-state index in [2.05, 4.69) is 42.2 Å². The highest BCUT2D eigenvalue weighted by Crippen LogP contribution is 2.33. The third-order valence-corrected chi connectivity index (χ3v) is 3.92. The molecule has 0 bridgehead atoms. The second-order valence-electron chi connectivity index (χ2n) is 5.83. The molecule has 0 spiro atoms. The molecule has 2 unspecified atom stereocenters. The third kappa shape index (κ3) is 2.75. The van der Waals surface area contributed by atoms with Crippen molar-refractivity contribution in [2.75, 3.05) is 0 Å². The molecule has 0 saturated heterocycles. The number of rotatable bonds is 3. The first-order valence-corrected chi connectivity index (χ1v) is 7.19. The van der Waals surface area contributed by atoms with Gasteiger partial charge in [-0.25, -0.2) is 0 Å². The lowest BCUT2D eigenvalue weighted by Crippen LogP contribution is -2.11. The fourth-order valence-corrected chi connectivity index (χ4v) is 3.07. The van der Waals surface area contributed by atoms with Crippen molar-refractivity contribution in [3.8, 4) is 0 Å². The number of aliphatic hydroxyl groups is 1. The zero-order valence-electron chi connectivity index (χ0n) is 12.0. The van der Waals surface area contributed by atoms with Gasteiger partial charge in [-0.15, -0.1) is 0 Å². The molecule has 1 heterocycles. The standard InChI is InChI=1S/C16H20N2O2/c1-10-6-11(2)8-12(7-10)9-15-17-16(20-18-15)13-4-3-5-14(13)19/h6-8,13-14,19H,3-5,9H2,1-2H3. The highest BCUT2D eigenvalue weighted by atomic mass is 16.5. The summed E-state index contributed by atoms with van der Waals surface area (Å²) < 4.78 is 5.33. The third-order valence-electron chi connectivity index (χ3n) is 3.92. The van der Waals surface area contributed by atoms with Gasteiger partial charge in [-0.2, -0.15) is 4.98 Å². The molecule has 1 fully saturated rings. The summed E-state index contributed by atoms with van der Waals surface area (Å²) in [5.74, 6) is 1.31. The quantitative estimate of drug-likeness (QED) is 0.933. The Morgan fingerprint density at radius 2 is 1.95 bits per heavy atom. The maximum Gasteiger partial charge on any atom is 0.232 e. The first-order valence-electron chi connectivity index (χ1n) is 7.19. The summed E-state index contributed by atoms with van der Waals surface area (Å²) in [5.41, 5.74) is 3.69. The zero-order chi connectivity index (χ0) is 14.1. The number of aromatic nitrogens is 2. The summed E-state index contributed by atoms with van der Waals surface area (Å²) in [6.45, 7) is 4.18. The van der Waals surface area contributed by atoms with Gasteiger partial charge in [-0.05, 0) is 38.7 Å². The van der Waals surface area contributed by atoms with Crippen LogP contribution in [0.1, 0.15) is 53.6 Å². The summed E-state index contributed by atoms with van der Waals surface area (Å²) in [5, 5.41) is 13.9. The summed E-state index contributed by atoms with van der Waals surface area (Å²) in [6.07, 6.45) is 3.14. The average Bonchev–Trinajstić information content (AvgIpc) is 2.96. The topological polar surface area (TPSA) is 59.2 Å². The molecule has 0 radical (unpaired) electrons. The second-order valence-corrected chi connectivity index (χ2v) is 5.83. The van der Waals surface area contributed by atoms with E-state index in [1.165, 1.54) is 16.7 Å². The average molecular weight is 272 g/mol. The van der Waals surface area contributed by atoms with Crippen LogP contribution in [0.15, 0.2) is 22.7 Å². The molecule has 2 aromatic rings. The van der Waals surface area contributed by atoms with E-state index in [9.17, 15) is 5.11 Å². The number of aliphatic hydroxyl groups excluding tert-OH is 1. The summed E-state index contributed by atoms with van der Waals surface area (Å²) in [6, 6.07) is 6.45. The van der Waals surface area contributed by atoms with E-state index in [1.54, 1.807) is 0 Å². The first kappa shape index (κ1) is 13.3. The van der Waals surface area contributed by atoms with Crippen LogP contribution in [-0.4, -0.2) is 21.4 Å². The van der Waals surface area contributed by atoms with Crippen LogP contribution >= 0.6 is 0 Å². The van der Waals surface area contributed by atoms with Crippen molar-refractivity contribution in [1.82, 2.24) is 10.1 Å². The summed E-state index contributed by atoms with van der Waals surface area (Å²) in [7, 11) is 0. The Morgan fingerprint density at radius 1 is 1.20 bits per heavy atom. The Balaban J connectivity index is 1.77. The molecular weight excluding hydrogens is 252 g/mol. The minimum absolute atomic E-state index is 0.0236. The molecule has 4 nitrogen and oxygen atoms in total. The number of aryl methyl sites for hydroxylation is 2. The summed E-state index contributed by atoms with van der Waals surface area (Å²) in [4.78, 5) is 4.46. The largest absolute Gasteiger partial charge is 0.392 e. The SMILES string of the molecule is Cc1cc(C)cc(Cc2noc(C3CCCC3O)n2)c1. The van der Waals surface area contributed by atoms with Gasteiger partial charge in [0, 0.05) is 6.42 Å². The number of benzene rings is 1. The molecule has 1 saturated carbocycles. The minimum Gasteiger partial charge on any atom is -0.392 e. The maximum absolute atomic E-state index is 9.89. The Morgan fingerprint density at radius 3 is 2.60 bits per heavy atom. The Kier molecular flexibility index (Phi) is 3.57. The molecule has 2 atom stereocenters. The van der Waals surface area contributed by atoms with Crippen molar-refractivity contribution >= 4 is 0 Å². The van der Waals surface area contributed by atoms with E-state index in [4.69, 9.17) is 4.52 Å². The highest BCUT2D eigenvalue weighted by Gasteiger charge is 2.31. The van der Waals surface area contributed by atoms with E-state index in [0.717, 1.165) is 19.3 Å². The number of nitrogens with zero attached hydrogens (tertiary/aromatic N) is 2. The van der Waals surface area contributed by atoms with Gasteiger partial charge in [-0.3, -0.25) is 0 Å². The van der Waals surface area contributed by atoms with Gasteiger partial charge in [0.25, 0.3) is 0 Å². The van der Waals surface area contributed by atoms with Crippen LogP contribution in [0.2, 0.25) is 0 Å². The van der Waals surface area contributed by atoms with Gasteiger partial charge in [0.15, 0.2) is 5.82 Å². The number of hydrogen-bond donors (Lipinski definition) is 1. The lowest BCUT2D eigenvalue weighted by molar-refractivity contribution is 0.148. The van der Waals surface area contributed by atoms with Crippen LogP contribution < -0.4 is 0 Å². The molecule has 1 aromatic carbocycles. The molecule has 1 aliphatic carbocycles. The van der Waals surface area contributed by atoms with Crippen LogP contribution in [-0.2, 0) is 6.42 Å². The van der Waals surface area contributed by atoms with Gasteiger partial charge in [0.1, 0.15) is 0 Å². The maximum atomic E-state index is 9.89. The lowest BCUT2D eigenvalue weighted by Gasteiger charge is -2.07. The first-order chi connectivity index (χ1) is 9.61. The van der Waals surface area contributed by atoms with E-state index in [1.807, 2.05) is 0 Å². The fourth-order valence-electron chi connectivity index (χ4n) is 3.07. The van der Waals surface area contributed by atoms with Crippen molar-refractivity contribution in [2.45, 2.75) is 51.6 Å². The van der Waals surface area contributed by atoms with E-state index in [0.29, 0.717) is 18.1 Å². The van der Waals surface area contributed by atoms with Crippen molar-refractivity contribution in [3.05, 3.63) is 46.6 Å².